The summed E-state index contributed by atoms with van der Waals surface area (Å²) in [7, 11) is 0. The number of hydrogen-bond donors (Lipinski definition) is 0. The molecule has 1 aromatic rings. The molecule has 88 valence electrons. The van der Waals surface area contributed by atoms with Crippen LogP contribution in [0, 0.1) is 5.92 Å². The molecular formula is C13H17ClO2. The van der Waals surface area contributed by atoms with Crippen LogP contribution in [-0.4, -0.2) is 11.8 Å². The molecule has 0 unspecified atom stereocenters. The second-order valence-corrected chi connectivity index (χ2v) is 4.53. The number of carbonyl (C=O) groups is 1. The van der Waals surface area contributed by atoms with E-state index in [0.717, 1.165) is 18.6 Å². The Morgan fingerprint density at radius 3 is 2.44 bits per heavy atom. The van der Waals surface area contributed by atoms with Gasteiger partial charge in [-0.3, -0.25) is 4.79 Å². The number of hydrogen-bond acceptors (Lipinski definition) is 2. The van der Waals surface area contributed by atoms with Crippen molar-refractivity contribution in [3.05, 3.63) is 29.8 Å². The average molecular weight is 241 g/mol. The van der Waals surface area contributed by atoms with Crippen LogP contribution >= 0.6 is 11.6 Å². The van der Waals surface area contributed by atoms with Gasteiger partial charge in [-0.2, -0.15) is 0 Å². The van der Waals surface area contributed by atoms with E-state index in [1.165, 1.54) is 0 Å². The van der Waals surface area contributed by atoms with E-state index >= 15 is 0 Å². The number of benzene rings is 1. The zero-order chi connectivity index (χ0) is 12.0. The van der Waals surface area contributed by atoms with E-state index in [1.807, 2.05) is 0 Å². The second-order valence-electron chi connectivity index (χ2n) is 4.18. The highest BCUT2D eigenvalue weighted by Crippen LogP contribution is 2.14. The zero-order valence-corrected chi connectivity index (χ0v) is 10.5. The molecule has 0 saturated carbocycles. The van der Waals surface area contributed by atoms with Crippen molar-refractivity contribution in [1.82, 2.24) is 0 Å². The van der Waals surface area contributed by atoms with E-state index in [0.29, 0.717) is 18.1 Å². The molecule has 0 spiro atoms. The first kappa shape index (κ1) is 13.0. The minimum atomic E-state index is -0.439. The molecule has 2 nitrogen and oxygen atoms in total. The van der Waals surface area contributed by atoms with Crippen molar-refractivity contribution < 1.29 is 9.53 Å². The summed E-state index contributed by atoms with van der Waals surface area (Å²) in [6, 6.07) is 6.89. The lowest BCUT2D eigenvalue weighted by atomic mass is 10.1. The third-order valence-electron chi connectivity index (χ3n) is 2.28. The van der Waals surface area contributed by atoms with Crippen molar-refractivity contribution >= 4 is 16.8 Å². The van der Waals surface area contributed by atoms with Gasteiger partial charge in [0.15, 0.2) is 0 Å². The molecule has 0 atom stereocenters. The normalized spacial score (nSPS) is 10.5. The molecule has 0 fully saturated rings. The van der Waals surface area contributed by atoms with Crippen LogP contribution in [-0.2, 0) is 0 Å². The molecular weight excluding hydrogens is 224 g/mol. The van der Waals surface area contributed by atoms with Gasteiger partial charge < -0.3 is 4.74 Å². The average Bonchev–Trinajstić information content (AvgIpc) is 2.25. The summed E-state index contributed by atoms with van der Waals surface area (Å²) in [5, 5.41) is -0.439. The van der Waals surface area contributed by atoms with Gasteiger partial charge in [0.1, 0.15) is 5.75 Å². The van der Waals surface area contributed by atoms with Gasteiger partial charge in [0, 0.05) is 5.56 Å². The van der Waals surface area contributed by atoms with Crippen molar-refractivity contribution in [3.8, 4) is 5.75 Å². The summed E-state index contributed by atoms with van der Waals surface area (Å²) in [6.07, 6.45) is 2.21. The summed E-state index contributed by atoms with van der Waals surface area (Å²) in [5.74, 6) is 1.49. The van der Waals surface area contributed by atoms with Crippen molar-refractivity contribution in [2.24, 2.45) is 5.92 Å². The molecule has 0 N–H and O–H groups in total. The van der Waals surface area contributed by atoms with Gasteiger partial charge >= 0.3 is 0 Å². The maximum atomic E-state index is 10.8. The molecule has 1 rings (SSSR count). The molecule has 0 aliphatic heterocycles. The van der Waals surface area contributed by atoms with Crippen molar-refractivity contribution in [2.75, 3.05) is 6.61 Å². The molecule has 3 heteroatoms. The fraction of sp³-hybridized carbons (Fsp3) is 0.462. The van der Waals surface area contributed by atoms with Crippen molar-refractivity contribution in [2.45, 2.75) is 26.7 Å². The van der Waals surface area contributed by atoms with Gasteiger partial charge in [-0.1, -0.05) is 13.8 Å². The molecule has 1 aromatic carbocycles. The summed E-state index contributed by atoms with van der Waals surface area (Å²) in [5.41, 5.74) is 0.496. The standard InChI is InChI=1S/C13H17ClO2/c1-10(2)4-3-9-16-12-7-5-11(6-8-12)13(14)15/h5-8,10H,3-4,9H2,1-2H3. The lowest BCUT2D eigenvalue weighted by molar-refractivity contribution is 0.108. The number of carbonyl (C=O) groups excluding carboxylic acids is 1. The van der Waals surface area contributed by atoms with E-state index in [4.69, 9.17) is 16.3 Å². The number of ether oxygens (including phenoxy) is 1. The van der Waals surface area contributed by atoms with Gasteiger partial charge in [0.05, 0.1) is 6.61 Å². The maximum absolute atomic E-state index is 10.8. The Kier molecular flexibility index (Phi) is 5.33. The van der Waals surface area contributed by atoms with Gasteiger partial charge in [-0.05, 0) is 54.6 Å². The Morgan fingerprint density at radius 2 is 1.94 bits per heavy atom. The molecule has 0 saturated heterocycles. The van der Waals surface area contributed by atoms with Crippen LogP contribution in [0.25, 0.3) is 0 Å². The molecule has 16 heavy (non-hydrogen) atoms. The molecule has 0 heterocycles. The lowest BCUT2D eigenvalue weighted by Gasteiger charge is -2.07. The number of rotatable bonds is 6. The van der Waals surface area contributed by atoms with E-state index in [2.05, 4.69) is 13.8 Å². The van der Waals surface area contributed by atoms with Gasteiger partial charge in [0.25, 0.3) is 5.24 Å². The van der Waals surface area contributed by atoms with Crippen LogP contribution in [0.1, 0.15) is 37.0 Å². The van der Waals surface area contributed by atoms with Crippen LogP contribution in [0.3, 0.4) is 0 Å². The Hall–Kier alpha value is -1.02. The van der Waals surface area contributed by atoms with E-state index in [9.17, 15) is 4.79 Å². The third kappa shape index (κ3) is 4.67. The van der Waals surface area contributed by atoms with Gasteiger partial charge in [-0.15, -0.1) is 0 Å². The third-order valence-corrected chi connectivity index (χ3v) is 2.49. The topological polar surface area (TPSA) is 26.3 Å². The molecule has 0 bridgehead atoms. The van der Waals surface area contributed by atoms with Crippen molar-refractivity contribution in [3.63, 3.8) is 0 Å². The quantitative estimate of drug-likeness (QED) is 0.557. The minimum absolute atomic E-state index is 0.439. The van der Waals surface area contributed by atoms with Crippen LogP contribution < -0.4 is 4.74 Å². The van der Waals surface area contributed by atoms with Crippen LogP contribution in [0.4, 0.5) is 0 Å². The SMILES string of the molecule is CC(C)CCCOc1ccc(C(=O)Cl)cc1. The van der Waals surface area contributed by atoms with Gasteiger partial charge in [0.2, 0.25) is 0 Å². The summed E-state index contributed by atoms with van der Waals surface area (Å²) in [6.45, 7) is 5.11. The van der Waals surface area contributed by atoms with Crippen LogP contribution in [0.15, 0.2) is 24.3 Å². The fourth-order valence-corrected chi connectivity index (χ4v) is 1.49. The first-order valence-electron chi connectivity index (χ1n) is 5.52. The molecule has 0 radical (unpaired) electrons. The first-order chi connectivity index (χ1) is 7.59. The highest BCUT2D eigenvalue weighted by molar-refractivity contribution is 6.67. The van der Waals surface area contributed by atoms with Crippen LogP contribution in [0.5, 0.6) is 5.75 Å². The fourth-order valence-electron chi connectivity index (χ4n) is 1.36. The second kappa shape index (κ2) is 6.54. The van der Waals surface area contributed by atoms with E-state index in [1.54, 1.807) is 24.3 Å². The molecule has 0 aliphatic carbocycles. The zero-order valence-electron chi connectivity index (χ0n) is 9.70. The highest BCUT2D eigenvalue weighted by Gasteiger charge is 2.01. The first-order valence-corrected chi connectivity index (χ1v) is 5.90. The summed E-state index contributed by atoms with van der Waals surface area (Å²) in [4.78, 5) is 10.8. The molecule has 0 aliphatic rings. The smallest absolute Gasteiger partial charge is 0.252 e. The predicted molar refractivity (Wildman–Crippen MR) is 66.2 cm³/mol. The summed E-state index contributed by atoms with van der Waals surface area (Å²) >= 11 is 5.34. The summed E-state index contributed by atoms with van der Waals surface area (Å²) < 4.78 is 5.54. The van der Waals surface area contributed by atoms with E-state index in [-0.39, 0.29) is 0 Å². The Bertz CT molecular complexity index is 330. The monoisotopic (exact) mass is 240 g/mol. The lowest BCUT2D eigenvalue weighted by Crippen LogP contribution is -1.99. The predicted octanol–water partition coefficient (Wildman–Crippen LogP) is 3.88. The van der Waals surface area contributed by atoms with E-state index < -0.39 is 5.24 Å². The molecule has 0 aromatic heterocycles. The van der Waals surface area contributed by atoms with Crippen molar-refractivity contribution in [1.29, 1.82) is 0 Å². The van der Waals surface area contributed by atoms with Gasteiger partial charge in [-0.25, -0.2) is 0 Å². The Morgan fingerprint density at radius 1 is 1.31 bits per heavy atom. The largest absolute Gasteiger partial charge is 0.494 e. The maximum Gasteiger partial charge on any atom is 0.252 e. The Labute approximate surface area is 102 Å². The minimum Gasteiger partial charge on any atom is -0.494 e. The highest BCUT2D eigenvalue weighted by atomic mass is 35.5. The van der Waals surface area contributed by atoms with Crippen LogP contribution in [0.2, 0.25) is 0 Å². The molecule has 0 amide bonds. The Balaban J connectivity index is 2.35. The number of halogens is 1.